The van der Waals surface area contributed by atoms with Crippen LogP contribution in [0.2, 0.25) is 0 Å². The van der Waals surface area contributed by atoms with Crippen LogP contribution in [-0.2, 0) is 0 Å². The first-order valence-electron chi connectivity index (χ1n) is 4.59. The summed E-state index contributed by atoms with van der Waals surface area (Å²) in [6.45, 7) is 10.7. The number of hydrogen-bond donors (Lipinski definition) is 0. The number of nitrogens with zero attached hydrogens (tertiary/aromatic N) is 1. The molecule has 1 aliphatic heterocycles. The zero-order chi connectivity index (χ0) is 8.27. The van der Waals surface area contributed by atoms with Crippen LogP contribution in [0.5, 0.6) is 0 Å². The van der Waals surface area contributed by atoms with Gasteiger partial charge >= 0.3 is 0 Å². The molecule has 1 aliphatic rings. The molecule has 2 unspecified atom stereocenters. The maximum absolute atomic E-state index is 3.77. The van der Waals surface area contributed by atoms with E-state index in [4.69, 9.17) is 0 Å². The smallest absolute Gasteiger partial charge is 0.0163 e. The highest BCUT2D eigenvalue weighted by Gasteiger charge is 2.20. The first-order chi connectivity index (χ1) is 5.24. The van der Waals surface area contributed by atoms with Crippen molar-refractivity contribution >= 4 is 0 Å². The van der Waals surface area contributed by atoms with Crippen molar-refractivity contribution in [1.82, 2.24) is 4.90 Å². The number of piperidine rings is 1. The third-order valence-electron chi connectivity index (χ3n) is 2.61. The molecule has 1 heteroatoms. The van der Waals surface area contributed by atoms with Crippen LogP contribution in [0, 0.1) is 5.92 Å². The zero-order valence-electron chi connectivity index (χ0n) is 7.71. The van der Waals surface area contributed by atoms with E-state index < -0.39 is 0 Å². The lowest BCUT2D eigenvalue weighted by Crippen LogP contribution is -2.40. The minimum Gasteiger partial charge on any atom is -0.297 e. The Hall–Kier alpha value is -0.300. The van der Waals surface area contributed by atoms with E-state index in [2.05, 4.69) is 25.3 Å². The van der Waals surface area contributed by atoms with E-state index >= 15 is 0 Å². The summed E-state index contributed by atoms with van der Waals surface area (Å²) in [6.07, 6.45) is 4.76. The van der Waals surface area contributed by atoms with Crippen LogP contribution < -0.4 is 0 Å². The second-order valence-corrected chi connectivity index (χ2v) is 3.77. The summed E-state index contributed by atoms with van der Waals surface area (Å²) in [5, 5.41) is 0. The SMILES string of the molecule is C=CCN1CC(C)CCC1C. The average molecular weight is 153 g/mol. The number of rotatable bonds is 2. The number of likely N-dealkylation sites (tertiary alicyclic amines) is 1. The molecule has 0 aromatic heterocycles. The topological polar surface area (TPSA) is 3.24 Å². The normalized spacial score (nSPS) is 33.6. The standard InChI is InChI=1S/C10H19N/c1-4-7-11-8-9(2)5-6-10(11)3/h4,9-10H,1,5-8H2,2-3H3. The van der Waals surface area contributed by atoms with E-state index in [9.17, 15) is 0 Å². The van der Waals surface area contributed by atoms with Gasteiger partial charge in [-0.1, -0.05) is 13.0 Å². The van der Waals surface area contributed by atoms with Crippen molar-refractivity contribution in [2.45, 2.75) is 32.7 Å². The van der Waals surface area contributed by atoms with Crippen LogP contribution in [0.25, 0.3) is 0 Å². The van der Waals surface area contributed by atoms with Gasteiger partial charge in [-0.3, -0.25) is 4.90 Å². The Kier molecular flexibility index (Phi) is 3.13. The van der Waals surface area contributed by atoms with Gasteiger partial charge < -0.3 is 0 Å². The quantitative estimate of drug-likeness (QED) is 0.550. The predicted molar refractivity (Wildman–Crippen MR) is 49.6 cm³/mol. The highest BCUT2D eigenvalue weighted by atomic mass is 15.2. The van der Waals surface area contributed by atoms with Gasteiger partial charge in [-0.05, 0) is 25.7 Å². The van der Waals surface area contributed by atoms with Crippen LogP contribution in [0.1, 0.15) is 26.7 Å². The molecule has 11 heavy (non-hydrogen) atoms. The molecule has 0 bridgehead atoms. The lowest BCUT2D eigenvalue weighted by atomic mass is 9.95. The predicted octanol–water partition coefficient (Wildman–Crippen LogP) is 2.29. The van der Waals surface area contributed by atoms with Crippen molar-refractivity contribution in [3.8, 4) is 0 Å². The van der Waals surface area contributed by atoms with Gasteiger partial charge in [0.2, 0.25) is 0 Å². The average Bonchev–Trinajstić information content (AvgIpc) is 1.98. The fourth-order valence-electron chi connectivity index (χ4n) is 1.80. The second-order valence-electron chi connectivity index (χ2n) is 3.77. The third kappa shape index (κ3) is 2.33. The third-order valence-corrected chi connectivity index (χ3v) is 2.61. The summed E-state index contributed by atoms with van der Waals surface area (Å²) < 4.78 is 0. The van der Waals surface area contributed by atoms with Crippen LogP contribution in [0.15, 0.2) is 12.7 Å². The Balaban J connectivity index is 2.40. The molecular formula is C10H19N. The molecule has 1 nitrogen and oxygen atoms in total. The monoisotopic (exact) mass is 153 g/mol. The van der Waals surface area contributed by atoms with Crippen molar-refractivity contribution in [3.05, 3.63) is 12.7 Å². The summed E-state index contributed by atoms with van der Waals surface area (Å²) in [6, 6.07) is 0.768. The molecule has 0 N–H and O–H groups in total. The van der Waals surface area contributed by atoms with Gasteiger partial charge in [0.15, 0.2) is 0 Å². The molecule has 64 valence electrons. The van der Waals surface area contributed by atoms with Crippen LogP contribution in [-0.4, -0.2) is 24.0 Å². The van der Waals surface area contributed by atoms with Gasteiger partial charge in [0.1, 0.15) is 0 Å². The fourth-order valence-corrected chi connectivity index (χ4v) is 1.80. The van der Waals surface area contributed by atoms with Gasteiger partial charge in [-0.25, -0.2) is 0 Å². The molecule has 0 radical (unpaired) electrons. The second kappa shape index (κ2) is 3.91. The Morgan fingerprint density at radius 1 is 1.45 bits per heavy atom. The van der Waals surface area contributed by atoms with Crippen LogP contribution >= 0.6 is 0 Å². The summed E-state index contributed by atoms with van der Waals surface area (Å²) in [5.41, 5.74) is 0. The summed E-state index contributed by atoms with van der Waals surface area (Å²) in [5.74, 6) is 0.881. The van der Waals surface area contributed by atoms with E-state index in [1.165, 1.54) is 19.4 Å². The Bertz CT molecular complexity index is 131. The Morgan fingerprint density at radius 2 is 2.18 bits per heavy atom. The summed E-state index contributed by atoms with van der Waals surface area (Å²) in [7, 11) is 0. The first kappa shape index (κ1) is 8.79. The van der Waals surface area contributed by atoms with E-state index in [0.29, 0.717) is 0 Å². The minimum atomic E-state index is 0.768. The lowest BCUT2D eigenvalue weighted by Gasteiger charge is -2.35. The van der Waals surface area contributed by atoms with Crippen molar-refractivity contribution in [3.63, 3.8) is 0 Å². The Labute approximate surface area is 70.1 Å². The lowest BCUT2D eigenvalue weighted by molar-refractivity contribution is 0.140. The molecule has 0 aromatic rings. The van der Waals surface area contributed by atoms with E-state index in [-0.39, 0.29) is 0 Å². The molecule has 0 saturated carbocycles. The molecule has 0 aromatic carbocycles. The highest BCUT2D eigenvalue weighted by molar-refractivity contribution is 4.82. The summed E-state index contributed by atoms with van der Waals surface area (Å²) in [4.78, 5) is 2.52. The van der Waals surface area contributed by atoms with Crippen molar-refractivity contribution in [1.29, 1.82) is 0 Å². The molecule has 1 rings (SSSR count). The fraction of sp³-hybridized carbons (Fsp3) is 0.800. The van der Waals surface area contributed by atoms with Crippen molar-refractivity contribution in [2.24, 2.45) is 5.92 Å². The molecule has 1 saturated heterocycles. The van der Waals surface area contributed by atoms with Crippen molar-refractivity contribution in [2.75, 3.05) is 13.1 Å². The summed E-state index contributed by atoms with van der Waals surface area (Å²) >= 11 is 0. The maximum atomic E-state index is 3.77. The number of hydrogen-bond acceptors (Lipinski definition) is 1. The molecule has 2 atom stereocenters. The van der Waals surface area contributed by atoms with Gasteiger partial charge in [0.25, 0.3) is 0 Å². The van der Waals surface area contributed by atoms with Crippen molar-refractivity contribution < 1.29 is 0 Å². The van der Waals surface area contributed by atoms with Gasteiger partial charge in [-0.2, -0.15) is 0 Å². The van der Waals surface area contributed by atoms with Crippen LogP contribution in [0.3, 0.4) is 0 Å². The van der Waals surface area contributed by atoms with E-state index in [0.717, 1.165) is 18.5 Å². The largest absolute Gasteiger partial charge is 0.297 e. The highest BCUT2D eigenvalue weighted by Crippen LogP contribution is 2.20. The molecule has 0 amide bonds. The molecule has 0 spiro atoms. The maximum Gasteiger partial charge on any atom is 0.0163 e. The molecular weight excluding hydrogens is 134 g/mol. The zero-order valence-corrected chi connectivity index (χ0v) is 7.71. The van der Waals surface area contributed by atoms with E-state index in [1.807, 2.05) is 6.08 Å². The first-order valence-corrected chi connectivity index (χ1v) is 4.59. The molecule has 0 aliphatic carbocycles. The Morgan fingerprint density at radius 3 is 2.82 bits per heavy atom. The van der Waals surface area contributed by atoms with Gasteiger partial charge in [0.05, 0.1) is 0 Å². The van der Waals surface area contributed by atoms with Crippen LogP contribution in [0.4, 0.5) is 0 Å². The molecule has 1 heterocycles. The minimum absolute atomic E-state index is 0.768. The molecule has 1 fully saturated rings. The van der Waals surface area contributed by atoms with E-state index in [1.54, 1.807) is 0 Å². The van der Waals surface area contributed by atoms with Gasteiger partial charge in [0, 0.05) is 19.1 Å². The van der Waals surface area contributed by atoms with Gasteiger partial charge in [-0.15, -0.1) is 6.58 Å².